The van der Waals surface area contributed by atoms with Crippen molar-refractivity contribution in [2.45, 2.75) is 19.4 Å². The molecule has 0 bridgehead atoms. The van der Waals surface area contributed by atoms with E-state index in [9.17, 15) is 0 Å². The molecule has 0 unspecified atom stereocenters. The first-order chi connectivity index (χ1) is 6.72. The average Bonchev–Trinajstić information content (AvgIpc) is 2.64. The SMILES string of the molecule is C=C[C@@H](N)c1cc(C)c2c(c1)CCO2. The molecular formula is C12H15NO. The summed E-state index contributed by atoms with van der Waals surface area (Å²) in [5.41, 5.74) is 9.47. The summed E-state index contributed by atoms with van der Waals surface area (Å²) in [6, 6.07) is 4.14. The van der Waals surface area contributed by atoms with Crippen LogP contribution in [0.4, 0.5) is 0 Å². The van der Waals surface area contributed by atoms with Crippen LogP contribution in [0.25, 0.3) is 0 Å². The van der Waals surface area contributed by atoms with E-state index in [2.05, 4.69) is 25.6 Å². The van der Waals surface area contributed by atoms with Gasteiger partial charge in [-0.25, -0.2) is 0 Å². The monoisotopic (exact) mass is 189 g/mol. The van der Waals surface area contributed by atoms with Crippen molar-refractivity contribution in [1.82, 2.24) is 0 Å². The van der Waals surface area contributed by atoms with Gasteiger partial charge in [0.15, 0.2) is 0 Å². The number of aryl methyl sites for hydroxylation is 1. The van der Waals surface area contributed by atoms with Gasteiger partial charge < -0.3 is 10.5 Å². The molecule has 0 saturated carbocycles. The van der Waals surface area contributed by atoms with Crippen molar-refractivity contribution in [1.29, 1.82) is 0 Å². The van der Waals surface area contributed by atoms with Crippen molar-refractivity contribution < 1.29 is 4.74 Å². The Morgan fingerprint density at radius 2 is 2.36 bits per heavy atom. The van der Waals surface area contributed by atoms with Gasteiger partial charge in [-0.2, -0.15) is 0 Å². The molecule has 2 heteroatoms. The van der Waals surface area contributed by atoms with E-state index in [-0.39, 0.29) is 6.04 Å². The van der Waals surface area contributed by atoms with Gasteiger partial charge in [-0.05, 0) is 23.6 Å². The first-order valence-electron chi connectivity index (χ1n) is 4.86. The molecule has 1 aliphatic rings. The lowest BCUT2D eigenvalue weighted by molar-refractivity contribution is 0.354. The van der Waals surface area contributed by atoms with Crippen LogP contribution < -0.4 is 10.5 Å². The lowest BCUT2D eigenvalue weighted by Crippen LogP contribution is -2.07. The van der Waals surface area contributed by atoms with Gasteiger partial charge in [-0.1, -0.05) is 18.2 Å². The molecule has 2 nitrogen and oxygen atoms in total. The predicted octanol–water partition coefficient (Wildman–Crippen LogP) is 2.12. The Morgan fingerprint density at radius 1 is 1.57 bits per heavy atom. The lowest BCUT2D eigenvalue weighted by Gasteiger charge is -2.10. The number of hydrogen-bond donors (Lipinski definition) is 1. The molecule has 2 N–H and O–H groups in total. The van der Waals surface area contributed by atoms with Gasteiger partial charge in [0.25, 0.3) is 0 Å². The minimum absolute atomic E-state index is 0.0698. The summed E-state index contributed by atoms with van der Waals surface area (Å²) in [6.07, 6.45) is 2.75. The summed E-state index contributed by atoms with van der Waals surface area (Å²) < 4.78 is 5.53. The smallest absolute Gasteiger partial charge is 0.125 e. The van der Waals surface area contributed by atoms with E-state index in [0.717, 1.165) is 24.3 Å². The first kappa shape index (κ1) is 9.28. The normalized spacial score (nSPS) is 15.9. The summed E-state index contributed by atoms with van der Waals surface area (Å²) in [7, 11) is 0. The number of hydrogen-bond acceptors (Lipinski definition) is 2. The molecule has 0 spiro atoms. The van der Waals surface area contributed by atoms with Gasteiger partial charge in [0, 0.05) is 12.5 Å². The number of rotatable bonds is 2. The fourth-order valence-electron chi connectivity index (χ4n) is 1.86. The van der Waals surface area contributed by atoms with Gasteiger partial charge in [-0.15, -0.1) is 6.58 Å². The maximum atomic E-state index is 5.90. The zero-order valence-electron chi connectivity index (χ0n) is 8.42. The Morgan fingerprint density at radius 3 is 3.07 bits per heavy atom. The van der Waals surface area contributed by atoms with Gasteiger partial charge in [-0.3, -0.25) is 0 Å². The van der Waals surface area contributed by atoms with Crippen LogP contribution in [0.5, 0.6) is 5.75 Å². The Hall–Kier alpha value is -1.28. The summed E-state index contributed by atoms with van der Waals surface area (Å²) in [5.74, 6) is 1.05. The van der Waals surface area contributed by atoms with Gasteiger partial charge in [0.2, 0.25) is 0 Å². The molecule has 0 saturated heterocycles. The Balaban J connectivity index is 2.46. The lowest BCUT2D eigenvalue weighted by atomic mass is 10.00. The molecule has 1 aromatic carbocycles. The highest BCUT2D eigenvalue weighted by molar-refractivity contribution is 5.47. The maximum absolute atomic E-state index is 5.90. The molecule has 0 aliphatic carbocycles. The van der Waals surface area contributed by atoms with E-state index in [0.29, 0.717) is 0 Å². The maximum Gasteiger partial charge on any atom is 0.125 e. The van der Waals surface area contributed by atoms with Crippen LogP contribution in [0, 0.1) is 6.92 Å². The van der Waals surface area contributed by atoms with Crippen LogP contribution in [0.3, 0.4) is 0 Å². The molecule has 0 amide bonds. The Kier molecular flexibility index (Phi) is 2.30. The van der Waals surface area contributed by atoms with Crippen LogP contribution in [0.15, 0.2) is 24.8 Å². The van der Waals surface area contributed by atoms with Crippen molar-refractivity contribution in [3.05, 3.63) is 41.5 Å². The molecule has 1 heterocycles. The van der Waals surface area contributed by atoms with Crippen molar-refractivity contribution in [3.8, 4) is 5.75 Å². The number of benzene rings is 1. The number of nitrogens with two attached hydrogens (primary N) is 1. The highest BCUT2D eigenvalue weighted by atomic mass is 16.5. The zero-order chi connectivity index (χ0) is 10.1. The largest absolute Gasteiger partial charge is 0.493 e. The predicted molar refractivity (Wildman–Crippen MR) is 57.5 cm³/mol. The molecule has 0 radical (unpaired) electrons. The van der Waals surface area contributed by atoms with Crippen LogP contribution in [-0.4, -0.2) is 6.61 Å². The number of fused-ring (bicyclic) bond motifs is 1. The highest BCUT2D eigenvalue weighted by Gasteiger charge is 2.16. The van der Waals surface area contributed by atoms with Gasteiger partial charge in [0.1, 0.15) is 5.75 Å². The second-order valence-electron chi connectivity index (χ2n) is 3.69. The molecule has 14 heavy (non-hydrogen) atoms. The molecule has 2 rings (SSSR count). The summed E-state index contributed by atoms with van der Waals surface area (Å²) in [4.78, 5) is 0. The molecule has 0 fully saturated rings. The van der Waals surface area contributed by atoms with Crippen molar-refractivity contribution in [2.24, 2.45) is 5.73 Å². The van der Waals surface area contributed by atoms with Crippen LogP contribution in [-0.2, 0) is 6.42 Å². The highest BCUT2D eigenvalue weighted by Crippen LogP contribution is 2.31. The van der Waals surface area contributed by atoms with Gasteiger partial charge in [0.05, 0.1) is 6.61 Å². The minimum Gasteiger partial charge on any atom is -0.493 e. The fraction of sp³-hybridized carbons (Fsp3) is 0.333. The minimum atomic E-state index is -0.0698. The Labute approximate surface area is 84.4 Å². The second-order valence-corrected chi connectivity index (χ2v) is 3.69. The van der Waals surface area contributed by atoms with E-state index in [1.807, 2.05) is 0 Å². The van der Waals surface area contributed by atoms with E-state index in [1.54, 1.807) is 6.08 Å². The van der Waals surface area contributed by atoms with Crippen LogP contribution in [0.1, 0.15) is 22.7 Å². The van der Waals surface area contributed by atoms with Crippen LogP contribution >= 0.6 is 0 Å². The van der Waals surface area contributed by atoms with E-state index >= 15 is 0 Å². The topological polar surface area (TPSA) is 35.2 Å². The number of ether oxygens (including phenoxy) is 1. The molecule has 74 valence electrons. The first-order valence-corrected chi connectivity index (χ1v) is 4.86. The van der Waals surface area contributed by atoms with E-state index < -0.39 is 0 Å². The quantitative estimate of drug-likeness (QED) is 0.723. The van der Waals surface area contributed by atoms with Crippen molar-refractivity contribution in [3.63, 3.8) is 0 Å². The molecule has 0 aromatic heterocycles. The van der Waals surface area contributed by atoms with Crippen molar-refractivity contribution in [2.75, 3.05) is 6.61 Å². The molecule has 1 aliphatic heterocycles. The van der Waals surface area contributed by atoms with E-state index in [4.69, 9.17) is 10.5 Å². The van der Waals surface area contributed by atoms with Crippen LogP contribution in [0.2, 0.25) is 0 Å². The fourth-order valence-corrected chi connectivity index (χ4v) is 1.86. The zero-order valence-corrected chi connectivity index (χ0v) is 8.42. The molecular weight excluding hydrogens is 174 g/mol. The average molecular weight is 189 g/mol. The summed E-state index contributed by atoms with van der Waals surface area (Å²) in [6.45, 7) is 6.56. The molecule has 1 aromatic rings. The third kappa shape index (κ3) is 1.42. The summed E-state index contributed by atoms with van der Waals surface area (Å²) in [5, 5.41) is 0. The van der Waals surface area contributed by atoms with E-state index in [1.165, 1.54) is 11.1 Å². The third-order valence-corrected chi connectivity index (χ3v) is 2.63. The Bertz CT molecular complexity index is 371. The van der Waals surface area contributed by atoms with Crippen molar-refractivity contribution >= 4 is 0 Å². The summed E-state index contributed by atoms with van der Waals surface area (Å²) >= 11 is 0. The standard InChI is InChI=1S/C12H15NO/c1-3-11(13)10-6-8(2)12-9(7-10)4-5-14-12/h3,6-7,11H,1,4-5,13H2,2H3/t11-/m1/s1. The van der Waals surface area contributed by atoms with Gasteiger partial charge >= 0.3 is 0 Å². The third-order valence-electron chi connectivity index (χ3n) is 2.63. The second kappa shape index (κ2) is 3.46. The molecule has 1 atom stereocenters.